The molecule has 8 heteroatoms. The van der Waals surface area contributed by atoms with Crippen LogP contribution in [0.15, 0.2) is 42.5 Å². The summed E-state index contributed by atoms with van der Waals surface area (Å²) in [6, 6.07) is 12.7. The van der Waals surface area contributed by atoms with Gasteiger partial charge in [0.1, 0.15) is 5.82 Å². The summed E-state index contributed by atoms with van der Waals surface area (Å²) in [5.74, 6) is 1.21. The summed E-state index contributed by atoms with van der Waals surface area (Å²) in [5, 5.41) is 9.58. The van der Waals surface area contributed by atoms with Crippen LogP contribution in [0.3, 0.4) is 0 Å². The standard InChI is InChI=1S/C19H17Cl2N5O/c1-24(2)11-18-23-22-17-10-19(27)25(14-6-4-3-5-13(14)21)16-9-12(20)7-8-15(16)26(17)18/h3-9H,10-11H2,1-2H3. The van der Waals surface area contributed by atoms with Gasteiger partial charge in [-0.05, 0) is 44.4 Å². The molecule has 0 unspecified atom stereocenters. The Bertz CT molecular complexity index is 1030. The number of halogens is 2. The Morgan fingerprint density at radius 1 is 1.04 bits per heavy atom. The lowest BCUT2D eigenvalue weighted by atomic mass is 10.2. The second kappa shape index (κ2) is 6.96. The fourth-order valence-corrected chi connectivity index (χ4v) is 3.63. The smallest absolute Gasteiger partial charge is 0.239 e. The van der Waals surface area contributed by atoms with E-state index in [0.717, 1.165) is 11.5 Å². The van der Waals surface area contributed by atoms with E-state index in [-0.39, 0.29) is 12.3 Å². The van der Waals surface area contributed by atoms with Crippen LogP contribution in [-0.2, 0) is 17.8 Å². The first-order valence-corrected chi connectivity index (χ1v) is 9.16. The number of hydrogen-bond donors (Lipinski definition) is 0. The van der Waals surface area contributed by atoms with E-state index in [1.165, 1.54) is 0 Å². The van der Waals surface area contributed by atoms with Crippen LogP contribution in [-0.4, -0.2) is 39.7 Å². The third-order valence-electron chi connectivity index (χ3n) is 4.33. The maximum atomic E-state index is 13.2. The van der Waals surface area contributed by atoms with Crippen molar-refractivity contribution in [1.29, 1.82) is 0 Å². The number of rotatable bonds is 3. The van der Waals surface area contributed by atoms with Crippen LogP contribution in [0.2, 0.25) is 10.0 Å². The Morgan fingerprint density at radius 2 is 1.81 bits per heavy atom. The average molecular weight is 402 g/mol. The average Bonchev–Trinajstić information content (AvgIpc) is 2.93. The molecular weight excluding hydrogens is 385 g/mol. The van der Waals surface area contributed by atoms with Crippen molar-refractivity contribution in [3.05, 3.63) is 64.2 Å². The molecule has 0 bridgehead atoms. The molecule has 2 aromatic carbocycles. The minimum atomic E-state index is -0.144. The van der Waals surface area contributed by atoms with Gasteiger partial charge < -0.3 is 4.90 Å². The first kappa shape index (κ1) is 18.0. The SMILES string of the molecule is CN(C)Cc1nnc2n1-c1ccc(Cl)cc1N(c1ccccc1Cl)C(=O)C2. The third-order valence-corrected chi connectivity index (χ3v) is 4.88. The number of amides is 1. The number of fused-ring (bicyclic) bond motifs is 3. The van der Waals surface area contributed by atoms with E-state index < -0.39 is 0 Å². The van der Waals surface area contributed by atoms with E-state index in [1.54, 1.807) is 23.1 Å². The van der Waals surface area contributed by atoms with Crippen LogP contribution in [0.25, 0.3) is 5.69 Å². The van der Waals surface area contributed by atoms with Crippen molar-refractivity contribution in [1.82, 2.24) is 19.7 Å². The quantitative estimate of drug-likeness (QED) is 0.668. The van der Waals surface area contributed by atoms with Gasteiger partial charge in [-0.15, -0.1) is 10.2 Å². The van der Waals surface area contributed by atoms with Crippen molar-refractivity contribution in [2.45, 2.75) is 13.0 Å². The molecule has 0 saturated carbocycles. The summed E-state index contributed by atoms with van der Waals surface area (Å²) in [7, 11) is 3.92. The van der Waals surface area contributed by atoms with Crippen molar-refractivity contribution in [2.75, 3.05) is 19.0 Å². The number of hydrogen-bond acceptors (Lipinski definition) is 4. The van der Waals surface area contributed by atoms with E-state index in [0.29, 0.717) is 33.8 Å². The second-order valence-corrected chi connectivity index (χ2v) is 7.44. The summed E-state index contributed by atoms with van der Waals surface area (Å²) >= 11 is 12.7. The Morgan fingerprint density at radius 3 is 2.56 bits per heavy atom. The van der Waals surface area contributed by atoms with Gasteiger partial charge in [-0.25, -0.2) is 0 Å². The van der Waals surface area contributed by atoms with Crippen LogP contribution in [0.5, 0.6) is 0 Å². The number of carbonyl (C=O) groups excluding carboxylic acids is 1. The van der Waals surface area contributed by atoms with Gasteiger partial charge in [0.2, 0.25) is 5.91 Å². The van der Waals surface area contributed by atoms with Gasteiger partial charge >= 0.3 is 0 Å². The summed E-state index contributed by atoms with van der Waals surface area (Å²) in [5.41, 5.74) is 2.06. The van der Waals surface area contributed by atoms with E-state index in [1.807, 2.05) is 47.8 Å². The number of aromatic nitrogens is 3. The first-order chi connectivity index (χ1) is 13.0. The molecule has 0 N–H and O–H groups in total. The van der Waals surface area contributed by atoms with Crippen molar-refractivity contribution >= 4 is 40.5 Å². The fraction of sp³-hybridized carbons (Fsp3) is 0.211. The molecule has 0 radical (unpaired) electrons. The van der Waals surface area contributed by atoms with Crippen LogP contribution < -0.4 is 4.90 Å². The van der Waals surface area contributed by atoms with Gasteiger partial charge in [0.15, 0.2) is 5.82 Å². The predicted octanol–water partition coefficient (Wildman–Crippen LogP) is 3.86. The maximum Gasteiger partial charge on any atom is 0.239 e. The Kier molecular flexibility index (Phi) is 4.63. The van der Waals surface area contributed by atoms with Gasteiger partial charge in [-0.1, -0.05) is 35.3 Å². The van der Waals surface area contributed by atoms with Gasteiger partial charge in [0.05, 0.1) is 35.1 Å². The van der Waals surface area contributed by atoms with Gasteiger partial charge in [0, 0.05) is 5.02 Å². The lowest BCUT2D eigenvalue weighted by Gasteiger charge is -2.24. The molecule has 1 aromatic heterocycles. The molecule has 1 amide bonds. The molecule has 3 aromatic rings. The fourth-order valence-electron chi connectivity index (χ4n) is 3.24. The van der Waals surface area contributed by atoms with E-state index in [4.69, 9.17) is 23.2 Å². The maximum absolute atomic E-state index is 13.2. The summed E-state index contributed by atoms with van der Waals surface area (Å²) in [6.45, 7) is 0.593. The number of carbonyl (C=O) groups is 1. The lowest BCUT2D eigenvalue weighted by molar-refractivity contribution is -0.117. The molecule has 0 spiro atoms. The zero-order chi connectivity index (χ0) is 19.1. The minimum Gasteiger partial charge on any atom is -0.302 e. The Labute approximate surface area is 166 Å². The van der Waals surface area contributed by atoms with Gasteiger partial charge in [0.25, 0.3) is 0 Å². The van der Waals surface area contributed by atoms with E-state index in [9.17, 15) is 4.79 Å². The van der Waals surface area contributed by atoms with Crippen LogP contribution in [0, 0.1) is 0 Å². The second-order valence-electron chi connectivity index (χ2n) is 6.60. The first-order valence-electron chi connectivity index (χ1n) is 8.41. The lowest BCUT2D eigenvalue weighted by Crippen LogP contribution is -2.27. The van der Waals surface area contributed by atoms with E-state index >= 15 is 0 Å². The third kappa shape index (κ3) is 3.20. The molecule has 27 heavy (non-hydrogen) atoms. The minimum absolute atomic E-state index is 0.109. The highest BCUT2D eigenvalue weighted by atomic mass is 35.5. The summed E-state index contributed by atoms with van der Waals surface area (Å²) < 4.78 is 1.93. The molecule has 1 aliphatic heterocycles. The normalized spacial score (nSPS) is 13.5. The zero-order valence-corrected chi connectivity index (χ0v) is 16.4. The largest absolute Gasteiger partial charge is 0.302 e. The molecule has 6 nitrogen and oxygen atoms in total. The summed E-state index contributed by atoms with van der Waals surface area (Å²) in [4.78, 5) is 16.8. The monoisotopic (exact) mass is 401 g/mol. The van der Waals surface area contributed by atoms with Gasteiger partial charge in [-0.3, -0.25) is 14.3 Å². The zero-order valence-electron chi connectivity index (χ0n) is 14.9. The molecule has 1 aliphatic rings. The predicted molar refractivity (Wildman–Crippen MR) is 106 cm³/mol. The molecule has 2 heterocycles. The topological polar surface area (TPSA) is 54.3 Å². The van der Waals surface area contributed by atoms with Crippen molar-refractivity contribution in [3.63, 3.8) is 0 Å². The molecule has 138 valence electrons. The molecule has 0 atom stereocenters. The number of para-hydroxylation sites is 1. The summed E-state index contributed by atoms with van der Waals surface area (Å²) in [6.07, 6.45) is 0.109. The molecule has 0 aliphatic carbocycles. The Balaban J connectivity index is 1.98. The van der Waals surface area contributed by atoms with Gasteiger partial charge in [-0.2, -0.15) is 0 Å². The highest BCUT2D eigenvalue weighted by molar-refractivity contribution is 6.34. The molecule has 0 saturated heterocycles. The molecule has 0 fully saturated rings. The van der Waals surface area contributed by atoms with Crippen molar-refractivity contribution in [3.8, 4) is 5.69 Å². The van der Waals surface area contributed by atoms with Crippen molar-refractivity contribution < 1.29 is 4.79 Å². The highest BCUT2D eigenvalue weighted by Gasteiger charge is 2.31. The number of nitrogens with zero attached hydrogens (tertiary/aromatic N) is 5. The molecular formula is C19H17Cl2N5O. The number of benzene rings is 2. The Hall–Kier alpha value is -2.41. The van der Waals surface area contributed by atoms with E-state index in [2.05, 4.69) is 10.2 Å². The highest BCUT2D eigenvalue weighted by Crippen LogP contribution is 2.39. The van der Waals surface area contributed by atoms with Crippen LogP contribution in [0.1, 0.15) is 11.6 Å². The van der Waals surface area contributed by atoms with Crippen molar-refractivity contribution in [2.24, 2.45) is 0 Å². The number of anilines is 2. The van der Waals surface area contributed by atoms with Crippen LogP contribution in [0.4, 0.5) is 11.4 Å². The van der Waals surface area contributed by atoms with Crippen LogP contribution >= 0.6 is 23.2 Å². The molecule has 4 rings (SSSR count).